The van der Waals surface area contributed by atoms with Gasteiger partial charge in [0.1, 0.15) is 5.82 Å². The summed E-state index contributed by atoms with van der Waals surface area (Å²) in [6.45, 7) is 2.37. The summed E-state index contributed by atoms with van der Waals surface area (Å²) in [4.78, 5) is 0. The van der Waals surface area contributed by atoms with Gasteiger partial charge in [0.2, 0.25) is 0 Å². The molecule has 4 atom stereocenters. The zero-order chi connectivity index (χ0) is 18.6. The molecule has 0 radical (unpaired) electrons. The van der Waals surface area contributed by atoms with Gasteiger partial charge >= 0.3 is 0 Å². The number of halogens is 1. The van der Waals surface area contributed by atoms with Gasteiger partial charge in [-0.1, -0.05) is 76.5 Å². The first kappa shape index (κ1) is 19.5. The second kappa shape index (κ2) is 9.10. The number of hydrogen-bond acceptors (Lipinski definition) is 0. The summed E-state index contributed by atoms with van der Waals surface area (Å²) in [5, 5.41) is 0. The maximum absolute atomic E-state index is 14.2. The van der Waals surface area contributed by atoms with Crippen molar-refractivity contribution in [1.29, 1.82) is 0 Å². The van der Waals surface area contributed by atoms with Crippen LogP contribution in [0.25, 0.3) is 0 Å². The van der Waals surface area contributed by atoms with E-state index in [0.717, 1.165) is 35.2 Å². The minimum Gasteiger partial charge on any atom is -0.207 e. The van der Waals surface area contributed by atoms with Gasteiger partial charge < -0.3 is 0 Å². The van der Waals surface area contributed by atoms with Gasteiger partial charge in [-0.2, -0.15) is 0 Å². The lowest BCUT2D eigenvalue weighted by Crippen LogP contribution is -2.31. The van der Waals surface area contributed by atoms with E-state index in [-0.39, 0.29) is 5.82 Å². The smallest absolute Gasteiger partial charge is 0.126 e. The van der Waals surface area contributed by atoms with Crippen LogP contribution in [0.5, 0.6) is 0 Å². The molecule has 3 aliphatic rings. The van der Waals surface area contributed by atoms with Gasteiger partial charge in [-0.25, -0.2) is 4.39 Å². The van der Waals surface area contributed by atoms with Crippen LogP contribution in [0, 0.1) is 35.4 Å². The minimum absolute atomic E-state index is 0.0208. The molecule has 0 aliphatic heterocycles. The van der Waals surface area contributed by atoms with Gasteiger partial charge in [0.15, 0.2) is 0 Å². The van der Waals surface area contributed by atoms with E-state index in [4.69, 9.17) is 0 Å². The lowest BCUT2D eigenvalue weighted by atomic mass is 9.63. The number of benzene rings is 1. The highest BCUT2D eigenvalue weighted by molar-refractivity contribution is 5.22. The average Bonchev–Trinajstić information content (AvgIpc) is 2.72. The average molecular weight is 371 g/mol. The molecule has 0 nitrogen and oxygen atoms in total. The quantitative estimate of drug-likeness (QED) is 0.491. The van der Waals surface area contributed by atoms with Crippen LogP contribution in [0.3, 0.4) is 0 Å². The van der Waals surface area contributed by atoms with E-state index in [1.54, 1.807) is 6.07 Å². The van der Waals surface area contributed by atoms with Crippen molar-refractivity contribution >= 4 is 0 Å². The predicted molar refractivity (Wildman–Crippen MR) is 112 cm³/mol. The third kappa shape index (κ3) is 4.77. The molecule has 1 heteroatoms. The fraction of sp³-hybridized carbons (Fsp3) is 0.769. The van der Waals surface area contributed by atoms with Gasteiger partial charge in [0, 0.05) is 0 Å². The second-order valence-corrected chi connectivity index (χ2v) is 10.1. The van der Waals surface area contributed by atoms with Crippen molar-refractivity contribution < 1.29 is 4.39 Å². The van der Waals surface area contributed by atoms with E-state index in [2.05, 4.69) is 6.92 Å². The molecular weight excluding hydrogens is 331 g/mol. The van der Waals surface area contributed by atoms with E-state index < -0.39 is 0 Å². The monoisotopic (exact) mass is 370 g/mol. The Morgan fingerprint density at radius 1 is 0.741 bits per heavy atom. The summed E-state index contributed by atoms with van der Waals surface area (Å²) in [7, 11) is 0. The third-order valence-electron chi connectivity index (χ3n) is 8.59. The molecule has 27 heavy (non-hydrogen) atoms. The van der Waals surface area contributed by atoms with Gasteiger partial charge in [-0.15, -0.1) is 0 Å². The van der Waals surface area contributed by atoms with Crippen molar-refractivity contribution in [1.82, 2.24) is 0 Å². The summed E-state index contributed by atoms with van der Waals surface area (Å²) in [6.07, 6.45) is 18.5. The lowest BCUT2D eigenvalue weighted by molar-refractivity contribution is 0.108. The van der Waals surface area contributed by atoms with Crippen molar-refractivity contribution in [2.75, 3.05) is 0 Å². The zero-order valence-corrected chi connectivity index (χ0v) is 17.3. The fourth-order valence-electron chi connectivity index (χ4n) is 6.74. The van der Waals surface area contributed by atoms with Crippen LogP contribution in [0.2, 0.25) is 0 Å². The summed E-state index contributed by atoms with van der Waals surface area (Å²) in [5.74, 6) is 5.33. The molecule has 1 aromatic rings. The Kier molecular flexibility index (Phi) is 6.56. The van der Waals surface area contributed by atoms with Crippen molar-refractivity contribution in [2.45, 2.75) is 96.3 Å². The molecular formula is C26H39F. The fourth-order valence-corrected chi connectivity index (χ4v) is 6.74. The van der Waals surface area contributed by atoms with Crippen LogP contribution in [-0.2, 0) is 0 Å². The van der Waals surface area contributed by atoms with Gasteiger partial charge in [0.05, 0.1) is 0 Å². The Bertz CT molecular complexity index is 586. The molecule has 3 fully saturated rings. The van der Waals surface area contributed by atoms with Crippen molar-refractivity contribution in [3.8, 4) is 0 Å². The highest BCUT2D eigenvalue weighted by atomic mass is 19.1. The van der Waals surface area contributed by atoms with E-state index in [1.165, 1.54) is 83.5 Å². The maximum atomic E-state index is 14.2. The Balaban J connectivity index is 1.23. The van der Waals surface area contributed by atoms with Crippen LogP contribution in [-0.4, -0.2) is 0 Å². The maximum Gasteiger partial charge on any atom is 0.126 e. The molecule has 0 aromatic heterocycles. The third-order valence-corrected chi connectivity index (χ3v) is 8.59. The number of hydrogen-bond donors (Lipinski definition) is 0. The summed E-state index contributed by atoms with van der Waals surface area (Å²) >= 11 is 0. The van der Waals surface area contributed by atoms with Crippen LogP contribution in [0.1, 0.15) is 102 Å². The minimum atomic E-state index is 0.0208. The molecule has 0 amide bonds. The van der Waals surface area contributed by atoms with Crippen LogP contribution < -0.4 is 0 Å². The summed E-state index contributed by atoms with van der Waals surface area (Å²) < 4.78 is 14.2. The van der Waals surface area contributed by atoms with Crippen molar-refractivity contribution in [3.63, 3.8) is 0 Å². The molecule has 1 aromatic carbocycles. The molecule has 0 bridgehead atoms. The Morgan fingerprint density at radius 3 is 2.15 bits per heavy atom. The summed E-state index contributed by atoms with van der Waals surface area (Å²) in [5.41, 5.74) is 0.987. The molecule has 0 spiro atoms. The SMILES string of the molecule is CCC1CCC(CCC2CCC3CC(c4ccccc4F)CCC3C2)CC1. The van der Waals surface area contributed by atoms with Gasteiger partial charge in [0.25, 0.3) is 0 Å². The van der Waals surface area contributed by atoms with Crippen LogP contribution in [0.4, 0.5) is 4.39 Å². The molecule has 4 unspecified atom stereocenters. The standard InChI is InChI=1S/C26H39F/c1-2-19-7-9-20(10-8-19)11-12-21-13-14-23-18-24(16-15-22(23)17-21)25-5-3-4-6-26(25)27/h3-6,19-24H,2,7-18H2,1H3. The topological polar surface area (TPSA) is 0 Å². The van der Waals surface area contributed by atoms with Crippen LogP contribution in [0.15, 0.2) is 24.3 Å². The van der Waals surface area contributed by atoms with E-state index in [0.29, 0.717) is 5.92 Å². The Morgan fingerprint density at radius 2 is 1.37 bits per heavy atom. The highest BCUT2D eigenvalue weighted by Gasteiger charge is 2.36. The largest absolute Gasteiger partial charge is 0.207 e. The molecule has 3 saturated carbocycles. The highest BCUT2D eigenvalue weighted by Crippen LogP contribution is 2.49. The van der Waals surface area contributed by atoms with E-state index >= 15 is 0 Å². The predicted octanol–water partition coefficient (Wildman–Crippen LogP) is 8.12. The molecule has 3 aliphatic carbocycles. The summed E-state index contributed by atoms with van der Waals surface area (Å²) in [6, 6.07) is 7.51. The van der Waals surface area contributed by atoms with Crippen LogP contribution >= 0.6 is 0 Å². The number of rotatable bonds is 5. The first-order chi connectivity index (χ1) is 13.2. The van der Waals surface area contributed by atoms with E-state index in [9.17, 15) is 4.39 Å². The van der Waals surface area contributed by atoms with E-state index in [1.807, 2.05) is 18.2 Å². The lowest BCUT2D eigenvalue weighted by Gasteiger charge is -2.42. The van der Waals surface area contributed by atoms with Crippen molar-refractivity contribution in [2.24, 2.45) is 29.6 Å². The normalized spacial score (nSPS) is 37.0. The molecule has 4 rings (SSSR count). The molecule has 0 saturated heterocycles. The van der Waals surface area contributed by atoms with Gasteiger partial charge in [-0.05, 0) is 79.2 Å². The Labute approximate surface area is 166 Å². The van der Waals surface area contributed by atoms with Gasteiger partial charge in [-0.3, -0.25) is 0 Å². The van der Waals surface area contributed by atoms with Crippen molar-refractivity contribution in [3.05, 3.63) is 35.6 Å². The first-order valence-electron chi connectivity index (χ1n) is 12.0. The second-order valence-electron chi connectivity index (χ2n) is 10.1. The Hall–Kier alpha value is -0.850. The number of fused-ring (bicyclic) bond motifs is 1. The molecule has 0 heterocycles. The first-order valence-corrected chi connectivity index (χ1v) is 12.0. The molecule has 150 valence electrons. The molecule has 0 N–H and O–H groups in total. The zero-order valence-electron chi connectivity index (χ0n) is 17.3.